The summed E-state index contributed by atoms with van der Waals surface area (Å²) in [6, 6.07) is 4.75. The molecule has 0 saturated heterocycles. The molecule has 0 amide bonds. The Morgan fingerprint density at radius 1 is 0.591 bits per heavy atom. The highest BCUT2D eigenvalue weighted by Gasteiger charge is 2.46. The fourth-order valence-corrected chi connectivity index (χ4v) is 12.7. The van der Waals surface area contributed by atoms with E-state index in [1.54, 1.807) is 0 Å². The zero-order valence-electron chi connectivity index (χ0n) is 15.0. The van der Waals surface area contributed by atoms with Gasteiger partial charge in [0, 0.05) is 10.4 Å². The number of carboxylic acids is 2. The maximum atomic E-state index is 12.1. The molecule has 0 spiro atoms. The Labute approximate surface area is 136 Å². The second-order valence-electron chi connectivity index (χ2n) is 6.04. The van der Waals surface area contributed by atoms with E-state index >= 15 is 0 Å². The average Bonchev–Trinajstić information content (AvgIpc) is 2.51. The van der Waals surface area contributed by atoms with Gasteiger partial charge in [-0.3, -0.25) is 0 Å². The van der Waals surface area contributed by atoms with Crippen LogP contribution in [0.2, 0.25) is 36.3 Å². The topological polar surface area (TPSA) is 74.6 Å². The van der Waals surface area contributed by atoms with Crippen molar-refractivity contribution in [2.75, 3.05) is 0 Å². The third-order valence-electron chi connectivity index (χ3n) is 5.80. The Kier molecular flexibility index (Phi) is 8.32. The summed E-state index contributed by atoms with van der Waals surface area (Å²) in [6.07, 6.45) is 0. The van der Waals surface area contributed by atoms with Gasteiger partial charge in [-0.2, -0.15) is 0 Å². The van der Waals surface area contributed by atoms with Crippen molar-refractivity contribution in [3.05, 3.63) is 10.4 Å². The molecule has 0 saturated carbocycles. The van der Waals surface area contributed by atoms with Gasteiger partial charge in [-0.15, -0.1) is 0 Å². The number of carbonyl (C=O) groups is 2. The lowest BCUT2D eigenvalue weighted by atomic mass is 10.5. The Morgan fingerprint density at radius 3 is 0.864 bits per heavy atom. The molecule has 0 aromatic rings. The molecular formula is C16H32O4Si2. The van der Waals surface area contributed by atoms with Crippen LogP contribution in [0, 0.1) is 0 Å². The first-order valence-corrected chi connectivity index (χ1v) is 13.7. The van der Waals surface area contributed by atoms with Crippen LogP contribution in [0.15, 0.2) is 10.4 Å². The maximum absolute atomic E-state index is 12.1. The van der Waals surface area contributed by atoms with E-state index in [1.807, 2.05) is 41.5 Å². The minimum atomic E-state index is -2.26. The fraction of sp³-hybridized carbons (Fsp3) is 0.750. The molecule has 2 N–H and O–H groups in total. The molecule has 0 aromatic carbocycles. The van der Waals surface area contributed by atoms with Crippen molar-refractivity contribution in [1.82, 2.24) is 0 Å². The van der Waals surface area contributed by atoms with E-state index in [4.69, 9.17) is 0 Å². The summed E-state index contributed by atoms with van der Waals surface area (Å²) in [7, 11) is -4.52. The quantitative estimate of drug-likeness (QED) is 0.450. The van der Waals surface area contributed by atoms with Crippen molar-refractivity contribution in [3.8, 4) is 0 Å². The van der Waals surface area contributed by atoms with Gasteiger partial charge in [-0.25, -0.2) is 9.59 Å². The molecule has 22 heavy (non-hydrogen) atoms. The van der Waals surface area contributed by atoms with Gasteiger partial charge in [0.2, 0.25) is 0 Å². The van der Waals surface area contributed by atoms with Crippen LogP contribution >= 0.6 is 0 Å². The van der Waals surface area contributed by atoms with E-state index in [1.165, 1.54) is 0 Å². The van der Waals surface area contributed by atoms with Crippen LogP contribution in [0.1, 0.15) is 41.5 Å². The Hall–Kier alpha value is -0.886. The SMILES string of the molecule is CC[Si](CC)(CC)/C(C(=O)O)=C(\C(=O)O)[Si](CC)(CC)CC. The van der Waals surface area contributed by atoms with Gasteiger partial charge in [0.1, 0.15) is 0 Å². The van der Waals surface area contributed by atoms with Gasteiger partial charge in [-0.1, -0.05) is 77.8 Å². The van der Waals surface area contributed by atoms with E-state index in [0.717, 1.165) is 36.3 Å². The Bertz CT molecular complexity index is 379. The van der Waals surface area contributed by atoms with Crippen molar-refractivity contribution in [2.24, 2.45) is 0 Å². The highest BCUT2D eigenvalue weighted by Crippen LogP contribution is 2.38. The average molecular weight is 345 g/mol. The minimum Gasteiger partial charge on any atom is -0.478 e. The van der Waals surface area contributed by atoms with Gasteiger partial charge in [0.15, 0.2) is 0 Å². The molecule has 6 heteroatoms. The molecule has 0 aliphatic heterocycles. The molecule has 0 bridgehead atoms. The molecule has 0 fully saturated rings. The van der Waals surface area contributed by atoms with Gasteiger partial charge < -0.3 is 10.2 Å². The Balaban J connectivity index is 6.82. The predicted molar refractivity (Wildman–Crippen MR) is 96.7 cm³/mol. The lowest BCUT2D eigenvalue weighted by molar-refractivity contribution is -0.135. The smallest absolute Gasteiger partial charge is 0.327 e. The van der Waals surface area contributed by atoms with Crippen molar-refractivity contribution >= 4 is 28.1 Å². The van der Waals surface area contributed by atoms with Crippen LogP contribution in [0.4, 0.5) is 0 Å². The zero-order chi connectivity index (χ0) is 17.6. The molecule has 0 rings (SSSR count). The highest BCUT2D eigenvalue weighted by atomic mass is 28.3. The maximum Gasteiger partial charge on any atom is 0.327 e. The number of hydrogen-bond acceptors (Lipinski definition) is 2. The molecular weight excluding hydrogens is 312 g/mol. The summed E-state index contributed by atoms with van der Waals surface area (Å²) < 4.78 is 0. The molecule has 0 aliphatic rings. The second kappa shape index (κ2) is 8.67. The zero-order valence-corrected chi connectivity index (χ0v) is 17.0. The molecule has 0 aliphatic carbocycles. The van der Waals surface area contributed by atoms with E-state index < -0.39 is 28.1 Å². The summed E-state index contributed by atoms with van der Waals surface area (Å²) in [4.78, 5) is 24.2. The number of aliphatic carboxylic acids is 2. The summed E-state index contributed by atoms with van der Waals surface area (Å²) in [5.74, 6) is -1.97. The first-order valence-electron chi connectivity index (χ1n) is 8.47. The lowest BCUT2D eigenvalue weighted by Crippen LogP contribution is -2.47. The first-order chi connectivity index (χ1) is 10.3. The molecule has 128 valence electrons. The van der Waals surface area contributed by atoms with Crippen LogP contribution in [-0.2, 0) is 9.59 Å². The summed E-state index contributed by atoms with van der Waals surface area (Å²) in [6.45, 7) is 12.1. The van der Waals surface area contributed by atoms with Crippen LogP contribution in [0.25, 0.3) is 0 Å². The van der Waals surface area contributed by atoms with E-state index in [9.17, 15) is 19.8 Å². The second-order valence-corrected chi connectivity index (χ2v) is 16.4. The van der Waals surface area contributed by atoms with Crippen molar-refractivity contribution in [2.45, 2.75) is 77.8 Å². The number of carboxylic acid groups (broad SMARTS) is 2. The minimum absolute atomic E-state index is 0.324. The van der Waals surface area contributed by atoms with Gasteiger partial charge in [0.25, 0.3) is 0 Å². The molecule has 0 atom stereocenters. The first kappa shape index (κ1) is 21.1. The van der Waals surface area contributed by atoms with Crippen molar-refractivity contribution in [3.63, 3.8) is 0 Å². The molecule has 0 radical (unpaired) electrons. The Morgan fingerprint density at radius 2 is 0.773 bits per heavy atom. The van der Waals surface area contributed by atoms with Gasteiger partial charge in [-0.05, 0) is 0 Å². The van der Waals surface area contributed by atoms with E-state index in [-0.39, 0.29) is 0 Å². The van der Waals surface area contributed by atoms with Gasteiger partial charge in [0.05, 0.1) is 16.1 Å². The van der Waals surface area contributed by atoms with Gasteiger partial charge >= 0.3 is 11.9 Å². The van der Waals surface area contributed by atoms with E-state index in [2.05, 4.69) is 0 Å². The fourth-order valence-electron chi connectivity index (χ4n) is 3.76. The molecule has 0 unspecified atom stereocenters. The monoisotopic (exact) mass is 344 g/mol. The van der Waals surface area contributed by atoms with Crippen LogP contribution in [-0.4, -0.2) is 38.3 Å². The number of rotatable bonds is 10. The van der Waals surface area contributed by atoms with Crippen molar-refractivity contribution < 1.29 is 19.8 Å². The summed E-state index contributed by atoms with van der Waals surface area (Å²) in [5, 5.41) is 20.5. The van der Waals surface area contributed by atoms with Crippen LogP contribution in [0.3, 0.4) is 0 Å². The van der Waals surface area contributed by atoms with Crippen molar-refractivity contribution in [1.29, 1.82) is 0 Å². The third-order valence-corrected chi connectivity index (χ3v) is 17.2. The third kappa shape index (κ3) is 3.71. The largest absolute Gasteiger partial charge is 0.478 e. The van der Waals surface area contributed by atoms with Crippen LogP contribution in [0.5, 0.6) is 0 Å². The predicted octanol–water partition coefficient (Wildman–Crippen LogP) is 4.55. The highest BCUT2D eigenvalue weighted by molar-refractivity contribution is 6.97. The van der Waals surface area contributed by atoms with Crippen LogP contribution < -0.4 is 0 Å². The lowest BCUT2D eigenvalue weighted by Gasteiger charge is -2.36. The van der Waals surface area contributed by atoms with E-state index in [0.29, 0.717) is 10.4 Å². The summed E-state index contributed by atoms with van der Waals surface area (Å²) >= 11 is 0. The summed E-state index contributed by atoms with van der Waals surface area (Å²) in [5.41, 5.74) is 0. The molecule has 4 nitrogen and oxygen atoms in total. The standard InChI is InChI=1S/C16H32O4Si2/c1-7-21(8-2,9-3)13(15(17)18)14(16(19)20)22(10-4,11-5)12-6/h7-12H2,1-6H3,(H,17,18)(H,19,20)/b14-13+. The normalized spacial score (nSPS) is 13.7. The number of hydrogen-bond donors (Lipinski definition) is 2. The molecule has 0 aromatic heterocycles. The molecule has 0 heterocycles.